The van der Waals surface area contributed by atoms with Gasteiger partial charge in [-0.2, -0.15) is 0 Å². The first-order valence-electron chi connectivity index (χ1n) is 7.40. The number of hydrogen-bond donors (Lipinski definition) is 1. The van der Waals surface area contributed by atoms with Gasteiger partial charge < -0.3 is 10.2 Å². The molecule has 1 unspecified atom stereocenters. The molecule has 1 fully saturated rings. The van der Waals surface area contributed by atoms with E-state index in [-0.39, 0.29) is 11.7 Å². The Kier molecular flexibility index (Phi) is 5.12. The van der Waals surface area contributed by atoms with Gasteiger partial charge in [-0.05, 0) is 56.5 Å². The Hall–Kier alpha value is -1.42. The first-order valence-corrected chi connectivity index (χ1v) is 7.40. The average molecular weight is 278 g/mol. The van der Waals surface area contributed by atoms with Crippen molar-refractivity contribution in [1.29, 1.82) is 0 Å². The van der Waals surface area contributed by atoms with Crippen LogP contribution >= 0.6 is 0 Å². The number of rotatable bonds is 5. The molecule has 0 aromatic heterocycles. The van der Waals surface area contributed by atoms with Crippen LogP contribution in [0.4, 0.5) is 4.39 Å². The van der Waals surface area contributed by atoms with Gasteiger partial charge >= 0.3 is 0 Å². The zero-order chi connectivity index (χ0) is 14.5. The summed E-state index contributed by atoms with van der Waals surface area (Å²) in [6.45, 7) is 6.28. The standard InChI is InChI=1S/C16H23FN2O/c1-3-9-19(11-14-5-4-8-18-14)16(20)13-6-7-15(17)12(2)10-13/h6-7,10,14,18H,3-5,8-9,11H2,1-2H3. The van der Waals surface area contributed by atoms with E-state index in [4.69, 9.17) is 0 Å². The summed E-state index contributed by atoms with van der Waals surface area (Å²) in [6, 6.07) is 4.99. The number of amides is 1. The van der Waals surface area contributed by atoms with E-state index in [1.807, 2.05) is 4.90 Å². The summed E-state index contributed by atoms with van der Waals surface area (Å²) in [6.07, 6.45) is 3.23. The van der Waals surface area contributed by atoms with Crippen molar-refractivity contribution in [3.63, 3.8) is 0 Å². The lowest BCUT2D eigenvalue weighted by Gasteiger charge is -2.25. The van der Waals surface area contributed by atoms with Crippen LogP contribution in [0.15, 0.2) is 18.2 Å². The molecule has 110 valence electrons. The molecular formula is C16H23FN2O. The minimum atomic E-state index is -0.263. The molecule has 3 nitrogen and oxygen atoms in total. The van der Waals surface area contributed by atoms with E-state index in [0.717, 1.165) is 32.5 Å². The second-order valence-corrected chi connectivity index (χ2v) is 5.51. The van der Waals surface area contributed by atoms with E-state index in [1.54, 1.807) is 19.1 Å². The van der Waals surface area contributed by atoms with Crippen molar-refractivity contribution in [2.24, 2.45) is 0 Å². The van der Waals surface area contributed by atoms with Gasteiger partial charge in [-0.25, -0.2) is 4.39 Å². The third-order valence-corrected chi connectivity index (χ3v) is 3.79. The number of halogens is 1. The first-order chi connectivity index (χ1) is 9.61. The number of nitrogens with zero attached hydrogens (tertiary/aromatic N) is 1. The van der Waals surface area contributed by atoms with Gasteiger partial charge in [0.25, 0.3) is 5.91 Å². The molecule has 0 bridgehead atoms. The van der Waals surface area contributed by atoms with Crippen LogP contribution in [0, 0.1) is 12.7 Å². The van der Waals surface area contributed by atoms with Gasteiger partial charge in [0.15, 0.2) is 0 Å². The van der Waals surface area contributed by atoms with Crippen LogP contribution in [0.2, 0.25) is 0 Å². The van der Waals surface area contributed by atoms with Crippen LogP contribution in [0.1, 0.15) is 42.1 Å². The second-order valence-electron chi connectivity index (χ2n) is 5.51. The number of benzene rings is 1. The Morgan fingerprint density at radius 3 is 2.90 bits per heavy atom. The van der Waals surface area contributed by atoms with E-state index >= 15 is 0 Å². The van der Waals surface area contributed by atoms with Crippen LogP contribution in [-0.2, 0) is 0 Å². The molecular weight excluding hydrogens is 255 g/mol. The Balaban J connectivity index is 2.10. The highest BCUT2D eigenvalue weighted by atomic mass is 19.1. The molecule has 2 rings (SSSR count). The van der Waals surface area contributed by atoms with Crippen molar-refractivity contribution in [3.8, 4) is 0 Å². The molecule has 0 aliphatic carbocycles. The largest absolute Gasteiger partial charge is 0.337 e. The number of carbonyl (C=O) groups excluding carboxylic acids is 1. The molecule has 1 aliphatic rings. The van der Waals surface area contributed by atoms with E-state index < -0.39 is 0 Å². The third-order valence-electron chi connectivity index (χ3n) is 3.79. The summed E-state index contributed by atoms with van der Waals surface area (Å²) in [5.74, 6) is -0.260. The van der Waals surface area contributed by atoms with E-state index in [1.165, 1.54) is 12.5 Å². The van der Waals surface area contributed by atoms with Crippen LogP contribution < -0.4 is 5.32 Å². The minimum absolute atomic E-state index is 0.00338. The molecule has 1 saturated heterocycles. The van der Waals surface area contributed by atoms with Gasteiger partial charge in [-0.3, -0.25) is 4.79 Å². The lowest BCUT2D eigenvalue weighted by Crippen LogP contribution is -2.41. The minimum Gasteiger partial charge on any atom is -0.337 e. The third kappa shape index (κ3) is 3.57. The highest BCUT2D eigenvalue weighted by Crippen LogP contribution is 2.14. The number of carbonyl (C=O) groups is 1. The summed E-state index contributed by atoms with van der Waals surface area (Å²) in [5, 5.41) is 3.42. The van der Waals surface area contributed by atoms with Gasteiger partial charge in [-0.1, -0.05) is 6.92 Å². The van der Waals surface area contributed by atoms with Crippen molar-refractivity contribution < 1.29 is 9.18 Å². The summed E-state index contributed by atoms with van der Waals surface area (Å²) in [4.78, 5) is 14.4. The Labute approximate surface area is 120 Å². The highest BCUT2D eigenvalue weighted by Gasteiger charge is 2.22. The normalized spacial score (nSPS) is 18.2. The molecule has 0 saturated carbocycles. The van der Waals surface area contributed by atoms with Crippen molar-refractivity contribution in [1.82, 2.24) is 10.2 Å². The van der Waals surface area contributed by atoms with Crippen LogP contribution in [0.5, 0.6) is 0 Å². The molecule has 0 spiro atoms. The fourth-order valence-electron chi connectivity index (χ4n) is 2.68. The molecule has 1 N–H and O–H groups in total. The fraction of sp³-hybridized carbons (Fsp3) is 0.562. The summed E-state index contributed by atoms with van der Waals surface area (Å²) < 4.78 is 13.3. The van der Waals surface area contributed by atoms with E-state index in [9.17, 15) is 9.18 Å². The van der Waals surface area contributed by atoms with Crippen molar-refractivity contribution >= 4 is 5.91 Å². The molecule has 20 heavy (non-hydrogen) atoms. The predicted octanol–water partition coefficient (Wildman–Crippen LogP) is 2.74. The molecule has 1 aromatic carbocycles. The van der Waals surface area contributed by atoms with E-state index in [2.05, 4.69) is 12.2 Å². The first kappa shape index (κ1) is 15.0. The molecule has 4 heteroatoms. The van der Waals surface area contributed by atoms with Crippen molar-refractivity contribution in [3.05, 3.63) is 35.1 Å². The monoisotopic (exact) mass is 278 g/mol. The maximum absolute atomic E-state index is 13.3. The smallest absolute Gasteiger partial charge is 0.253 e. The number of nitrogens with one attached hydrogen (secondary N) is 1. The van der Waals surface area contributed by atoms with Gasteiger partial charge in [0.2, 0.25) is 0 Å². The summed E-state index contributed by atoms with van der Waals surface area (Å²) >= 11 is 0. The Bertz CT molecular complexity index is 470. The van der Waals surface area contributed by atoms with E-state index in [0.29, 0.717) is 17.2 Å². The van der Waals surface area contributed by atoms with Gasteiger partial charge in [0.05, 0.1) is 0 Å². The van der Waals surface area contributed by atoms with Crippen molar-refractivity contribution in [2.45, 2.75) is 39.2 Å². The second kappa shape index (κ2) is 6.84. The lowest BCUT2D eigenvalue weighted by molar-refractivity contribution is 0.0741. The molecule has 1 heterocycles. The molecule has 1 amide bonds. The molecule has 1 aromatic rings. The SMILES string of the molecule is CCCN(CC1CCCN1)C(=O)c1ccc(F)c(C)c1. The van der Waals surface area contributed by atoms with Crippen LogP contribution in [0.3, 0.4) is 0 Å². The number of hydrogen-bond acceptors (Lipinski definition) is 2. The van der Waals surface area contributed by atoms with Crippen molar-refractivity contribution in [2.75, 3.05) is 19.6 Å². The quantitative estimate of drug-likeness (QED) is 0.898. The predicted molar refractivity (Wildman–Crippen MR) is 78.4 cm³/mol. The lowest BCUT2D eigenvalue weighted by atomic mass is 10.1. The topological polar surface area (TPSA) is 32.3 Å². The zero-order valence-corrected chi connectivity index (χ0v) is 12.3. The van der Waals surface area contributed by atoms with Gasteiger partial charge in [0.1, 0.15) is 5.82 Å². The molecule has 1 aliphatic heterocycles. The fourth-order valence-corrected chi connectivity index (χ4v) is 2.68. The summed E-state index contributed by atoms with van der Waals surface area (Å²) in [7, 11) is 0. The maximum atomic E-state index is 13.3. The highest BCUT2D eigenvalue weighted by molar-refractivity contribution is 5.94. The van der Waals surface area contributed by atoms with Crippen LogP contribution in [0.25, 0.3) is 0 Å². The Morgan fingerprint density at radius 2 is 2.30 bits per heavy atom. The van der Waals surface area contributed by atoms with Gasteiger partial charge in [-0.15, -0.1) is 0 Å². The molecule has 0 radical (unpaired) electrons. The summed E-state index contributed by atoms with van der Waals surface area (Å²) in [5.41, 5.74) is 1.10. The van der Waals surface area contributed by atoms with Gasteiger partial charge in [0, 0.05) is 24.7 Å². The average Bonchev–Trinajstić information content (AvgIpc) is 2.93. The molecule has 1 atom stereocenters. The zero-order valence-electron chi connectivity index (χ0n) is 12.3. The Morgan fingerprint density at radius 1 is 1.50 bits per heavy atom. The maximum Gasteiger partial charge on any atom is 0.253 e. The van der Waals surface area contributed by atoms with Crippen LogP contribution in [-0.4, -0.2) is 36.5 Å². The number of aryl methyl sites for hydroxylation is 1.